The molecule has 44 heavy (non-hydrogen) atoms. The van der Waals surface area contributed by atoms with Crippen LogP contribution in [0, 0.1) is 6.92 Å². The maximum atomic E-state index is 13.5. The monoisotopic (exact) mass is 639 g/mol. The molecule has 0 radical (unpaired) electrons. The molecule has 2 fully saturated rings. The average Bonchev–Trinajstić information content (AvgIpc) is 3.24. The lowest BCUT2D eigenvalue weighted by atomic mass is 9.89. The summed E-state index contributed by atoms with van der Waals surface area (Å²) in [4.78, 5) is 75.7. The number of fused-ring (bicyclic) bond motifs is 1. The van der Waals surface area contributed by atoms with Gasteiger partial charge < -0.3 is 33.2 Å². The minimum Gasteiger partial charge on any atom is -0.466 e. The van der Waals surface area contributed by atoms with Crippen molar-refractivity contribution in [3.8, 4) is 0 Å². The Hall–Kier alpha value is -3.85. The Bertz CT molecular complexity index is 1280. The van der Waals surface area contributed by atoms with Gasteiger partial charge in [0.2, 0.25) is 4.93 Å². The number of imide groups is 1. The maximum Gasteiger partial charge on any atom is 0.420 e. The topological polar surface area (TPSA) is 170 Å². The summed E-state index contributed by atoms with van der Waals surface area (Å²) >= 11 is 0.951. The Kier molecular flexibility index (Phi) is 10.9. The van der Waals surface area contributed by atoms with Crippen molar-refractivity contribution in [2.45, 2.75) is 101 Å². The van der Waals surface area contributed by atoms with Crippen molar-refractivity contribution in [1.29, 1.82) is 0 Å². The van der Waals surface area contributed by atoms with Crippen LogP contribution in [-0.4, -0.2) is 95.7 Å². The molecule has 6 atom stereocenters. The Morgan fingerprint density at radius 2 is 1.64 bits per heavy atom. The van der Waals surface area contributed by atoms with Crippen LogP contribution in [0.25, 0.3) is 0 Å². The summed E-state index contributed by atoms with van der Waals surface area (Å²) in [6.45, 7) is 9.34. The number of thioether (sulfide) groups is 1. The summed E-state index contributed by atoms with van der Waals surface area (Å²) in [5, 5.41) is 0. The molecule has 0 saturated carbocycles. The van der Waals surface area contributed by atoms with E-state index in [4.69, 9.17) is 33.2 Å². The summed E-state index contributed by atoms with van der Waals surface area (Å²) in [5.41, 5.74) is -0.0751. The second-order valence-electron chi connectivity index (χ2n) is 11.2. The molecule has 0 aliphatic carbocycles. The normalized spacial score (nSPS) is 24.2. The van der Waals surface area contributed by atoms with Crippen LogP contribution in [0.4, 0.5) is 9.59 Å². The van der Waals surface area contributed by atoms with Gasteiger partial charge in [-0.25, -0.2) is 19.3 Å². The van der Waals surface area contributed by atoms with E-state index in [1.165, 1.54) is 0 Å². The van der Waals surface area contributed by atoms with Gasteiger partial charge in [-0.05, 0) is 39.8 Å². The van der Waals surface area contributed by atoms with E-state index in [9.17, 15) is 28.8 Å². The number of carbonyl (C=O) groups excluding carboxylic acids is 6. The number of amides is 2. The molecule has 242 valence electrons. The third kappa shape index (κ3) is 8.40. The fraction of sp³-hybridized carbons (Fsp3) is 0.586. The zero-order valence-corrected chi connectivity index (χ0v) is 26.6. The third-order valence-corrected chi connectivity index (χ3v) is 7.68. The molecule has 15 heteroatoms. The molecule has 14 nitrogen and oxygen atoms in total. The van der Waals surface area contributed by atoms with Gasteiger partial charge in [0.05, 0.1) is 7.11 Å². The fourth-order valence-corrected chi connectivity index (χ4v) is 6.01. The molecule has 2 saturated heterocycles. The first-order chi connectivity index (χ1) is 20.5. The summed E-state index contributed by atoms with van der Waals surface area (Å²) in [6, 6.07) is 5.76. The Labute approximate surface area is 258 Å². The first kappa shape index (κ1) is 34.6. The summed E-state index contributed by atoms with van der Waals surface area (Å²) in [7, 11) is 1.14. The molecule has 1 aromatic rings. The van der Waals surface area contributed by atoms with Gasteiger partial charge in [0.15, 0.2) is 12.2 Å². The van der Waals surface area contributed by atoms with Gasteiger partial charge >= 0.3 is 36.1 Å². The maximum absolute atomic E-state index is 13.5. The van der Waals surface area contributed by atoms with E-state index in [0.717, 1.165) is 45.2 Å². The summed E-state index contributed by atoms with van der Waals surface area (Å²) < 4.78 is 38.7. The van der Waals surface area contributed by atoms with Gasteiger partial charge in [-0.3, -0.25) is 14.4 Å². The van der Waals surface area contributed by atoms with Crippen LogP contribution < -0.4 is 0 Å². The molecule has 0 N–H and O–H groups in total. The van der Waals surface area contributed by atoms with Crippen LogP contribution in [0.2, 0.25) is 0 Å². The minimum absolute atomic E-state index is 0.292. The number of methoxy groups -OCH3 is 1. The molecule has 2 amide bonds. The Morgan fingerprint density at radius 3 is 2.16 bits per heavy atom. The number of hydrogen-bond donors (Lipinski definition) is 0. The van der Waals surface area contributed by atoms with Crippen molar-refractivity contribution in [3.05, 3.63) is 29.8 Å². The highest BCUT2D eigenvalue weighted by atomic mass is 32.2. The highest BCUT2D eigenvalue weighted by Gasteiger charge is 2.64. The highest BCUT2D eigenvalue weighted by Crippen LogP contribution is 2.48. The van der Waals surface area contributed by atoms with Gasteiger partial charge in [0, 0.05) is 32.1 Å². The number of aryl methyl sites for hydroxylation is 1. The second-order valence-corrected chi connectivity index (χ2v) is 12.6. The quantitative estimate of drug-likeness (QED) is 0.285. The number of ether oxygens (including phenoxy) is 7. The van der Waals surface area contributed by atoms with Crippen molar-refractivity contribution >= 4 is 47.8 Å². The Morgan fingerprint density at radius 1 is 1.02 bits per heavy atom. The van der Waals surface area contributed by atoms with E-state index in [1.807, 2.05) is 19.1 Å². The molecule has 0 aromatic heterocycles. The minimum atomic E-state index is -1.92. The number of carbonyl (C=O) groups is 6. The predicted molar refractivity (Wildman–Crippen MR) is 151 cm³/mol. The van der Waals surface area contributed by atoms with Gasteiger partial charge in [-0.1, -0.05) is 29.5 Å². The van der Waals surface area contributed by atoms with E-state index >= 15 is 0 Å². The van der Waals surface area contributed by atoms with Crippen LogP contribution in [0.1, 0.15) is 53.5 Å². The first-order valence-corrected chi connectivity index (χ1v) is 14.5. The summed E-state index contributed by atoms with van der Waals surface area (Å²) in [6.07, 6.45) is -8.42. The number of nitrogens with zero attached hydrogens (tertiary/aromatic N) is 1. The molecular formula is C29H37NO13S. The number of rotatable bonds is 9. The van der Waals surface area contributed by atoms with Gasteiger partial charge in [-0.2, -0.15) is 0 Å². The number of hydrogen-bond acceptors (Lipinski definition) is 14. The second kappa shape index (κ2) is 13.8. The van der Waals surface area contributed by atoms with Crippen LogP contribution in [0.3, 0.4) is 0 Å². The van der Waals surface area contributed by atoms with Crippen LogP contribution in [0.15, 0.2) is 29.2 Å². The number of esters is 4. The lowest BCUT2D eigenvalue weighted by Crippen LogP contribution is -2.66. The molecule has 2 aliphatic heterocycles. The van der Waals surface area contributed by atoms with Crippen molar-refractivity contribution in [2.24, 2.45) is 0 Å². The van der Waals surface area contributed by atoms with E-state index in [2.05, 4.69) is 0 Å². The molecular weight excluding hydrogens is 602 g/mol. The molecule has 3 rings (SSSR count). The largest absolute Gasteiger partial charge is 0.466 e. The lowest BCUT2D eigenvalue weighted by Gasteiger charge is -2.47. The van der Waals surface area contributed by atoms with Crippen molar-refractivity contribution < 1.29 is 61.9 Å². The zero-order valence-electron chi connectivity index (χ0n) is 25.8. The van der Waals surface area contributed by atoms with E-state index in [-0.39, 0.29) is 6.42 Å². The van der Waals surface area contributed by atoms with Gasteiger partial charge in [0.1, 0.15) is 30.5 Å². The van der Waals surface area contributed by atoms with Crippen molar-refractivity contribution in [3.63, 3.8) is 0 Å². The number of benzene rings is 1. The first-order valence-electron chi connectivity index (χ1n) is 13.7. The van der Waals surface area contributed by atoms with Gasteiger partial charge in [-0.15, -0.1) is 0 Å². The van der Waals surface area contributed by atoms with E-state index in [1.54, 1.807) is 32.9 Å². The lowest BCUT2D eigenvalue weighted by molar-refractivity contribution is -0.218. The molecule has 0 spiro atoms. The van der Waals surface area contributed by atoms with E-state index in [0.29, 0.717) is 9.80 Å². The van der Waals surface area contributed by atoms with Crippen LogP contribution in [-0.2, 0) is 52.3 Å². The zero-order chi connectivity index (χ0) is 33.0. The molecule has 0 unspecified atom stereocenters. The van der Waals surface area contributed by atoms with Crippen molar-refractivity contribution in [2.75, 3.05) is 13.7 Å². The van der Waals surface area contributed by atoms with Gasteiger partial charge in [0.25, 0.3) is 0 Å². The SMILES string of the molecule is COC(=O)[C@@]1(Sc2ccc(C)cc2)C[C@@H]2OC(=O)N(C(=O)OC(C)(C)C)[C@H]2[C@H]([C@H](OC(C)=O)[C@@H](COC(C)=O)OC(C)=O)O1. The van der Waals surface area contributed by atoms with E-state index < -0.39 is 83.7 Å². The summed E-state index contributed by atoms with van der Waals surface area (Å²) in [5.74, 6) is -3.31. The standard InChI is InChI=1S/C29H37NO13S/c1-15-9-11-19(12-10-15)44-29(25(34)37-8)13-20-22(30(26(35)41-20)27(36)43-28(5,6)7)24(42-29)23(40-18(4)33)21(39-17(3)32)14-38-16(2)31/h9-12,20-24H,13-14H2,1-8H3/t20-,21+,22+,23+,24+,29-/m0/s1. The smallest absolute Gasteiger partial charge is 0.420 e. The fourth-order valence-electron chi connectivity index (χ4n) is 4.78. The molecule has 2 aliphatic rings. The molecule has 1 aromatic carbocycles. The third-order valence-electron chi connectivity index (χ3n) is 6.41. The Balaban J connectivity index is 2.22. The molecule has 2 heterocycles. The molecule has 0 bridgehead atoms. The predicted octanol–water partition coefficient (Wildman–Crippen LogP) is 3.30. The van der Waals surface area contributed by atoms with Crippen LogP contribution >= 0.6 is 11.8 Å². The van der Waals surface area contributed by atoms with Crippen molar-refractivity contribution in [1.82, 2.24) is 4.90 Å². The highest BCUT2D eigenvalue weighted by molar-refractivity contribution is 8.01. The van der Waals surface area contributed by atoms with Crippen LogP contribution in [0.5, 0.6) is 0 Å². The average molecular weight is 640 g/mol.